The van der Waals surface area contributed by atoms with Crippen LogP contribution in [0.15, 0.2) is 54.6 Å². The molecule has 1 saturated heterocycles. The van der Waals surface area contributed by atoms with Gasteiger partial charge in [-0.1, -0.05) is 42.5 Å². The van der Waals surface area contributed by atoms with Gasteiger partial charge in [0, 0.05) is 32.2 Å². The van der Waals surface area contributed by atoms with Crippen LogP contribution < -0.4 is 5.32 Å². The third kappa shape index (κ3) is 4.22. The molecule has 0 unspecified atom stereocenters. The summed E-state index contributed by atoms with van der Waals surface area (Å²) in [7, 11) is 1.41. The first-order chi connectivity index (χ1) is 11.8. The number of benzene rings is 2. The molecule has 4 heteroatoms. The molecule has 4 nitrogen and oxygen atoms in total. The molecule has 1 aliphatic heterocycles. The lowest BCUT2D eigenvalue weighted by atomic mass is 10.0. The number of nitrogens with one attached hydrogen (secondary N) is 1. The van der Waals surface area contributed by atoms with Crippen LogP contribution in [0.3, 0.4) is 0 Å². The number of hydrogen-bond acceptors (Lipinski definition) is 4. The van der Waals surface area contributed by atoms with Gasteiger partial charge < -0.3 is 10.1 Å². The van der Waals surface area contributed by atoms with Crippen molar-refractivity contribution < 1.29 is 9.53 Å². The fourth-order valence-electron chi connectivity index (χ4n) is 3.20. The summed E-state index contributed by atoms with van der Waals surface area (Å²) in [6.45, 7) is 3.97. The molecule has 126 valence electrons. The minimum Gasteiger partial charge on any atom is -0.465 e. The molecule has 0 amide bonds. The smallest absolute Gasteiger partial charge is 0.337 e. The molecule has 0 aromatic heterocycles. The van der Waals surface area contributed by atoms with E-state index in [0.29, 0.717) is 11.6 Å². The highest BCUT2D eigenvalue weighted by Crippen LogP contribution is 2.15. The number of carbonyl (C=O) groups is 1. The quantitative estimate of drug-likeness (QED) is 0.858. The first-order valence-corrected chi connectivity index (χ1v) is 8.42. The van der Waals surface area contributed by atoms with Crippen molar-refractivity contribution in [2.45, 2.75) is 19.0 Å². The van der Waals surface area contributed by atoms with E-state index in [1.54, 1.807) is 0 Å². The molecule has 1 heterocycles. The van der Waals surface area contributed by atoms with E-state index in [4.69, 9.17) is 4.74 Å². The molecule has 0 radical (unpaired) electrons. The van der Waals surface area contributed by atoms with Crippen molar-refractivity contribution in [3.8, 4) is 0 Å². The Balaban J connectivity index is 1.66. The number of rotatable bonds is 5. The Morgan fingerprint density at radius 3 is 2.58 bits per heavy atom. The van der Waals surface area contributed by atoms with Gasteiger partial charge in [-0.3, -0.25) is 4.90 Å². The van der Waals surface area contributed by atoms with Crippen molar-refractivity contribution in [3.05, 3.63) is 71.3 Å². The van der Waals surface area contributed by atoms with Crippen LogP contribution in [0.4, 0.5) is 0 Å². The number of nitrogens with zero attached hydrogens (tertiary/aromatic N) is 1. The second-order valence-corrected chi connectivity index (χ2v) is 6.21. The van der Waals surface area contributed by atoms with E-state index in [1.165, 1.54) is 18.2 Å². The van der Waals surface area contributed by atoms with Crippen LogP contribution in [0, 0.1) is 0 Å². The lowest BCUT2D eigenvalue weighted by molar-refractivity contribution is 0.0600. The number of methoxy groups -OCH3 is 1. The largest absolute Gasteiger partial charge is 0.465 e. The summed E-state index contributed by atoms with van der Waals surface area (Å²) >= 11 is 0. The zero-order valence-corrected chi connectivity index (χ0v) is 14.1. The van der Waals surface area contributed by atoms with Crippen molar-refractivity contribution in [2.24, 2.45) is 0 Å². The highest BCUT2D eigenvalue weighted by atomic mass is 16.5. The van der Waals surface area contributed by atoms with Crippen molar-refractivity contribution in [2.75, 3.05) is 26.7 Å². The second-order valence-electron chi connectivity index (χ2n) is 6.21. The lowest BCUT2D eigenvalue weighted by Gasteiger charge is -2.36. The van der Waals surface area contributed by atoms with Gasteiger partial charge in [-0.05, 0) is 29.7 Å². The minimum atomic E-state index is -0.286. The molecule has 3 rings (SSSR count). The first kappa shape index (κ1) is 16.7. The van der Waals surface area contributed by atoms with Crippen LogP contribution in [0.25, 0.3) is 0 Å². The first-order valence-electron chi connectivity index (χ1n) is 8.42. The summed E-state index contributed by atoms with van der Waals surface area (Å²) in [6, 6.07) is 18.9. The van der Waals surface area contributed by atoms with Gasteiger partial charge in [-0.25, -0.2) is 4.79 Å². The highest BCUT2D eigenvalue weighted by Gasteiger charge is 2.22. The Hall–Kier alpha value is -2.17. The zero-order chi connectivity index (χ0) is 16.8. The standard InChI is InChI=1S/C20H24N2O2/c1-24-20(23)18-9-7-17(8-10-18)15-22-12-11-21-14-19(22)13-16-5-3-2-4-6-16/h2-10,19,21H,11-15H2,1H3/t19-/m0/s1. The van der Waals surface area contributed by atoms with E-state index in [0.717, 1.165) is 32.6 Å². The summed E-state index contributed by atoms with van der Waals surface area (Å²) < 4.78 is 4.75. The number of piperazine rings is 1. The minimum absolute atomic E-state index is 0.286. The molecule has 0 spiro atoms. The Morgan fingerprint density at radius 2 is 1.88 bits per heavy atom. The Morgan fingerprint density at radius 1 is 1.12 bits per heavy atom. The van der Waals surface area contributed by atoms with E-state index >= 15 is 0 Å². The topological polar surface area (TPSA) is 41.6 Å². The van der Waals surface area contributed by atoms with Gasteiger partial charge in [-0.15, -0.1) is 0 Å². The van der Waals surface area contributed by atoms with Crippen LogP contribution in [0.2, 0.25) is 0 Å². The maximum Gasteiger partial charge on any atom is 0.337 e. The number of esters is 1. The number of hydrogen-bond donors (Lipinski definition) is 1. The van der Waals surface area contributed by atoms with Crippen molar-refractivity contribution in [3.63, 3.8) is 0 Å². The molecule has 1 fully saturated rings. The van der Waals surface area contributed by atoms with Gasteiger partial charge in [-0.2, -0.15) is 0 Å². The molecule has 0 aliphatic carbocycles. The van der Waals surface area contributed by atoms with Gasteiger partial charge in [0.15, 0.2) is 0 Å². The predicted octanol–water partition coefficient (Wildman–Crippen LogP) is 2.49. The van der Waals surface area contributed by atoms with Crippen molar-refractivity contribution in [1.82, 2.24) is 10.2 Å². The summed E-state index contributed by atoms with van der Waals surface area (Å²) in [4.78, 5) is 14.1. The van der Waals surface area contributed by atoms with Gasteiger partial charge in [0.2, 0.25) is 0 Å². The van der Waals surface area contributed by atoms with Crippen LogP contribution in [-0.2, 0) is 17.7 Å². The molecule has 24 heavy (non-hydrogen) atoms. The number of ether oxygens (including phenoxy) is 1. The van der Waals surface area contributed by atoms with E-state index in [2.05, 4.69) is 40.5 Å². The van der Waals surface area contributed by atoms with Crippen molar-refractivity contribution >= 4 is 5.97 Å². The molecule has 0 bridgehead atoms. The Bertz CT molecular complexity index is 655. The normalized spacial score (nSPS) is 18.3. The molecule has 1 atom stereocenters. The monoisotopic (exact) mass is 324 g/mol. The van der Waals surface area contributed by atoms with E-state index in [9.17, 15) is 4.79 Å². The molecule has 2 aromatic rings. The summed E-state index contributed by atoms with van der Waals surface area (Å²) in [5, 5.41) is 3.50. The van der Waals surface area contributed by atoms with Crippen LogP contribution in [0.5, 0.6) is 0 Å². The summed E-state index contributed by atoms with van der Waals surface area (Å²) in [5.41, 5.74) is 3.20. The molecular weight excluding hydrogens is 300 g/mol. The van der Waals surface area contributed by atoms with Gasteiger partial charge in [0.25, 0.3) is 0 Å². The average molecular weight is 324 g/mol. The molecule has 1 aliphatic rings. The third-order valence-electron chi connectivity index (χ3n) is 4.55. The van der Waals surface area contributed by atoms with Crippen LogP contribution in [0.1, 0.15) is 21.5 Å². The average Bonchev–Trinajstić information content (AvgIpc) is 2.64. The van der Waals surface area contributed by atoms with E-state index in [1.807, 2.05) is 24.3 Å². The van der Waals surface area contributed by atoms with Crippen LogP contribution in [-0.4, -0.2) is 43.7 Å². The van der Waals surface area contributed by atoms with Crippen molar-refractivity contribution in [1.29, 1.82) is 0 Å². The zero-order valence-electron chi connectivity index (χ0n) is 14.1. The lowest BCUT2D eigenvalue weighted by Crippen LogP contribution is -2.51. The van der Waals surface area contributed by atoms with E-state index < -0.39 is 0 Å². The molecule has 2 aromatic carbocycles. The maximum atomic E-state index is 11.5. The number of carbonyl (C=O) groups excluding carboxylic acids is 1. The van der Waals surface area contributed by atoms with E-state index in [-0.39, 0.29) is 5.97 Å². The SMILES string of the molecule is COC(=O)c1ccc(CN2CCNC[C@@H]2Cc2ccccc2)cc1. The Kier molecular flexibility index (Phi) is 5.62. The second kappa shape index (κ2) is 8.08. The summed E-state index contributed by atoms with van der Waals surface area (Å²) in [6.07, 6.45) is 1.05. The maximum absolute atomic E-state index is 11.5. The fraction of sp³-hybridized carbons (Fsp3) is 0.350. The molecular formula is C20H24N2O2. The summed E-state index contributed by atoms with van der Waals surface area (Å²) in [5.74, 6) is -0.286. The van der Waals surface area contributed by atoms with Gasteiger partial charge in [0.05, 0.1) is 12.7 Å². The third-order valence-corrected chi connectivity index (χ3v) is 4.55. The fourth-order valence-corrected chi connectivity index (χ4v) is 3.20. The highest BCUT2D eigenvalue weighted by molar-refractivity contribution is 5.89. The van der Waals surface area contributed by atoms with Crippen LogP contribution >= 0.6 is 0 Å². The molecule has 1 N–H and O–H groups in total. The molecule has 0 saturated carbocycles. The Labute approximate surface area is 143 Å². The predicted molar refractivity (Wildman–Crippen MR) is 95.0 cm³/mol. The van der Waals surface area contributed by atoms with Gasteiger partial charge >= 0.3 is 5.97 Å². The van der Waals surface area contributed by atoms with Gasteiger partial charge in [0.1, 0.15) is 0 Å².